The van der Waals surface area contributed by atoms with E-state index in [0.717, 1.165) is 24.5 Å². The molecule has 24 heteroatoms. The molecular weight excluding hydrogens is 672 g/mol. The number of nitrogens with one attached hydrogen (secondary N) is 1. The van der Waals surface area contributed by atoms with E-state index >= 15 is 0 Å². The Morgan fingerprint density at radius 3 is 1.65 bits per heavy atom. The quantitative estimate of drug-likeness (QED) is 0.0847. The molecule has 264 valence electrons. The summed E-state index contributed by atoms with van der Waals surface area (Å²) >= 11 is 0. The predicted molar refractivity (Wildman–Crippen MR) is 142 cm³/mol. The molecule has 2 aromatic heterocycles. The summed E-state index contributed by atoms with van der Waals surface area (Å²) in [6.07, 6.45) is -10.8. The third-order valence-electron chi connectivity index (χ3n) is 6.40. The summed E-state index contributed by atoms with van der Waals surface area (Å²) in [5.41, 5.74) is 2.99. The van der Waals surface area contributed by atoms with Crippen molar-refractivity contribution in [3.63, 3.8) is 0 Å². The molecule has 3 saturated heterocycles. The zero-order valence-corrected chi connectivity index (χ0v) is 23.9. The summed E-state index contributed by atoms with van der Waals surface area (Å²) < 4.78 is 69.6. The second-order valence-electron chi connectivity index (χ2n) is 9.84. The van der Waals surface area contributed by atoms with Gasteiger partial charge in [0.25, 0.3) is 0 Å². The minimum absolute atomic E-state index is 0.0278. The molecule has 2 unspecified atom stereocenters. The highest BCUT2D eigenvalue weighted by Crippen LogP contribution is 2.43. The van der Waals surface area contributed by atoms with Crippen LogP contribution in [0.5, 0.6) is 0 Å². The number of esters is 2. The van der Waals surface area contributed by atoms with Crippen LogP contribution < -0.4 is 22.4 Å². The number of aliphatic hydroxyl groups excluding tert-OH is 4. The highest BCUT2D eigenvalue weighted by atomic mass is 19.3. The summed E-state index contributed by atoms with van der Waals surface area (Å²) in [7, 11) is 0. The van der Waals surface area contributed by atoms with Crippen molar-refractivity contribution in [3.05, 3.63) is 45.5 Å². The summed E-state index contributed by atoms with van der Waals surface area (Å²) in [4.78, 5) is 70.9. The van der Waals surface area contributed by atoms with Gasteiger partial charge in [0, 0.05) is 12.4 Å². The topological polar surface area (TPSA) is 305 Å². The van der Waals surface area contributed by atoms with Crippen molar-refractivity contribution < 1.29 is 76.5 Å². The first kappa shape index (κ1) is 37.6. The molecule has 6 atom stereocenters. The number of carbonyl (C=O) groups excluding carboxylic acids is 3. The van der Waals surface area contributed by atoms with Crippen LogP contribution in [0.15, 0.2) is 34.1 Å². The number of hydrogen-bond donors (Lipinski definition) is 7. The van der Waals surface area contributed by atoms with Crippen LogP contribution >= 0.6 is 0 Å². The number of nitrogen functional groups attached to an aromatic ring is 1. The first-order valence-electron chi connectivity index (χ1n) is 13.2. The van der Waals surface area contributed by atoms with Gasteiger partial charge in [-0.1, -0.05) is 0 Å². The molecule has 3 aliphatic rings. The Labute approximate surface area is 262 Å². The Kier molecular flexibility index (Phi) is 11.7. The van der Waals surface area contributed by atoms with Crippen LogP contribution in [-0.4, -0.2) is 118 Å². The maximum absolute atomic E-state index is 14.0. The number of cyclic esters (lactones) is 2. The van der Waals surface area contributed by atoms with Crippen LogP contribution in [0.1, 0.15) is 25.3 Å². The minimum Gasteiger partial charge on any atom is -0.481 e. The molecular formula is C24H26F4N6O14. The van der Waals surface area contributed by atoms with Crippen LogP contribution in [0, 0.1) is 0 Å². The number of alkyl halides is 4. The molecule has 5 heterocycles. The van der Waals surface area contributed by atoms with Crippen molar-refractivity contribution in [2.45, 2.75) is 61.6 Å². The average Bonchev–Trinajstić information content (AvgIpc) is 3.35. The molecule has 0 aliphatic carbocycles. The summed E-state index contributed by atoms with van der Waals surface area (Å²) in [6, 6.07) is 2.14. The molecule has 5 rings (SSSR count). The smallest absolute Gasteiger partial charge is 0.351 e. The Morgan fingerprint density at radius 2 is 1.31 bits per heavy atom. The number of amides is 1. The number of halogens is 4. The standard InChI is InChI=1S/C12H13F2N3O7.C9H11F2N3O4.C3H2O3/c13-12(14)9(22)5(4-18)24-10(12)17-2-1-6(16-11(17)23)15-7(19)3-8(20)21;10-9(11)6(16)4(3-15)18-7(9)14-2-1-5(12)13-8(14)17;4-2-1-3(5)6-2/h1-2,5,9-10,18,22H,3-4H2,(H,20,21)(H,15,16,19,23);1-2,4,6-7,15-16H,3H2,(H2,12,13,17);1H2/t5-,9?,10-;4-,6?,7-;/m11./s1. The Balaban J connectivity index is 0.000000227. The van der Waals surface area contributed by atoms with Gasteiger partial charge in [-0.25, -0.2) is 9.59 Å². The second kappa shape index (κ2) is 14.9. The molecule has 3 fully saturated rings. The predicted octanol–water partition coefficient (Wildman–Crippen LogP) is -3.29. The number of carboxylic acids is 1. The monoisotopic (exact) mass is 698 g/mol. The van der Waals surface area contributed by atoms with Gasteiger partial charge in [-0.05, 0) is 12.1 Å². The lowest BCUT2D eigenvalue weighted by molar-refractivity contribution is -0.174. The molecule has 0 saturated carbocycles. The number of hydrogen-bond acceptors (Lipinski definition) is 16. The van der Waals surface area contributed by atoms with Crippen LogP contribution in [0.3, 0.4) is 0 Å². The molecule has 0 bridgehead atoms. The molecule has 2 aromatic rings. The number of rotatable bonds is 7. The van der Waals surface area contributed by atoms with Crippen molar-refractivity contribution in [1.29, 1.82) is 0 Å². The molecule has 0 spiro atoms. The first-order valence-corrected chi connectivity index (χ1v) is 13.2. The Morgan fingerprint density at radius 1 is 0.875 bits per heavy atom. The van der Waals surface area contributed by atoms with Crippen molar-refractivity contribution in [2.24, 2.45) is 0 Å². The maximum atomic E-state index is 14.0. The number of ether oxygens (including phenoxy) is 3. The lowest BCUT2D eigenvalue weighted by atomic mass is 10.1. The third-order valence-corrected chi connectivity index (χ3v) is 6.40. The van der Waals surface area contributed by atoms with Crippen LogP contribution in [0.25, 0.3) is 0 Å². The fourth-order valence-electron chi connectivity index (χ4n) is 4.06. The first-order chi connectivity index (χ1) is 22.3. The molecule has 8 N–H and O–H groups in total. The number of aromatic nitrogens is 4. The zero-order valence-electron chi connectivity index (χ0n) is 23.9. The molecule has 1 amide bonds. The van der Waals surface area contributed by atoms with Crippen molar-refractivity contribution in [2.75, 3.05) is 24.3 Å². The largest absolute Gasteiger partial charge is 0.481 e. The van der Waals surface area contributed by atoms with Crippen LogP contribution in [-0.2, 0) is 33.4 Å². The normalized spacial score (nSPS) is 26.6. The van der Waals surface area contributed by atoms with Gasteiger partial charge in [-0.15, -0.1) is 0 Å². The summed E-state index contributed by atoms with van der Waals surface area (Å²) in [5, 5.41) is 46.9. The van der Waals surface area contributed by atoms with Crippen molar-refractivity contribution >= 4 is 35.5 Å². The van der Waals surface area contributed by atoms with Crippen LogP contribution in [0.2, 0.25) is 0 Å². The molecule has 48 heavy (non-hydrogen) atoms. The number of carboxylic acid groups (broad SMARTS) is 1. The van der Waals surface area contributed by atoms with Gasteiger partial charge in [0.05, 0.1) is 13.2 Å². The molecule has 0 aromatic carbocycles. The fraction of sp³-hybridized carbons (Fsp3) is 0.500. The average molecular weight is 698 g/mol. The molecule has 20 nitrogen and oxygen atoms in total. The van der Waals surface area contributed by atoms with Gasteiger partial charge in [0.2, 0.25) is 18.4 Å². The van der Waals surface area contributed by atoms with E-state index in [1.165, 1.54) is 0 Å². The SMILES string of the molecule is Nc1ccn([C@@H]2O[C@H](CO)C(O)C2(F)F)c(=O)n1.O=C(O)CC(=O)Nc1ccn([C@@H]2O[C@H](CO)C(O)C2(F)F)c(=O)n1.O=C1CC(=O)O1. The van der Waals surface area contributed by atoms with E-state index in [1.807, 2.05) is 5.32 Å². The van der Waals surface area contributed by atoms with Gasteiger partial charge in [0.15, 0.2) is 12.2 Å². The minimum atomic E-state index is -3.85. The van der Waals surface area contributed by atoms with E-state index in [0.29, 0.717) is 9.13 Å². The maximum Gasteiger partial charge on any atom is 0.351 e. The molecule has 0 radical (unpaired) electrons. The van der Waals surface area contributed by atoms with Crippen LogP contribution in [0.4, 0.5) is 29.2 Å². The number of anilines is 2. The lowest BCUT2D eigenvalue weighted by Gasteiger charge is -2.21. The number of nitrogens with two attached hydrogens (primary N) is 1. The van der Waals surface area contributed by atoms with Gasteiger partial charge >= 0.3 is 41.1 Å². The number of carbonyl (C=O) groups is 4. The Hall–Kier alpha value is -4.88. The Bertz CT molecular complexity index is 1630. The van der Waals surface area contributed by atoms with Gasteiger partial charge in [0.1, 0.15) is 36.7 Å². The second-order valence-corrected chi connectivity index (χ2v) is 9.84. The highest BCUT2D eigenvalue weighted by Gasteiger charge is 2.60. The van der Waals surface area contributed by atoms with Gasteiger partial charge in [-0.2, -0.15) is 27.5 Å². The van der Waals surface area contributed by atoms with E-state index in [4.69, 9.17) is 30.5 Å². The number of aliphatic hydroxyl groups is 4. The van der Waals surface area contributed by atoms with E-state index in [2.05, 4.69) is 14.7 Å². The van der Waals surface area contributed by atoms with E-state index in [9.17, 15) is 56.5 Å². The van der Waals surface area contributed by atoms with E-state index in [1.54, 1.807) is 0 Å². The third kappa shape index (κ3) is 8.33. The summed E-state index contributed by atoms with van der Waals surface area (Å²) in [6.45, 7) is -1.66. The number of nitrogens with zero attached hydrogens (tertiary/aromatic N) is 4. The van der Waals surface area contributed by atoms with Gasteiger partial charge in [-0.3, -0.25) is 28.3 Å². The van der Waals surface area contributed by atoms with Crippen molar-refractivity contribution in [3.8, 4) is 0 Å². The summed E-state index contributed by atoms with van der Waals surface area (Å²) in [5.74, 6) is -11.2. The fourth-order valence-corrected chi connectivity index (χ4v) is 4.06. The zero-order chi connectivity index (χ0) is 36.1. The molecule has 3 aliphatic heterocycles. The van der Waals surface area contributed by atoms with Gasteiger partial charge < -0.3 is 50.8 Å². The number of aliphatic carboxylic acids is 1. The van der Waals surface area contributed by atoms with E-state index < -0.39 is 104 Å². The van der Waals surface area contributed by atoms with E-state index in [-0.39, 0.29) is 18.1 Å². The lowest BCUT2D eigenvalue weighted by Crippen LogP contribution is -2.41. The highest BCUT2D eigenvalue weighted by molar-refractivity contribution is 6.06. The van der Waals surface area contributed by atoms with Crippen molar-refractivity contribution in [1.82, 2.24) is 19.1 Å².